The lowest BCUT2D eigenvalue weighted by Gasteiger charge is -2.37. The molecule has 17 nitrogen and oxygen atoms in total. The number of unbranched alkanes of at least 4 members (excludes halogenated alkanes) is 2. The van der Waals surface area contributed by atoms with Gasteiger partial charge in [0, 0.05) is 80.2 Å². The highest BCUT2D eigenvalue weighted by Gasteiger charge is 2.47. The van der Waals surface area contributed by atoms with Crippen molar-refractivity contribution in [3.05, 3.63) is 84.0 Å². The molecule has 70 heavy (non-hydrogen) atoms. The van der Waals surface area contributed by atoms with E-state index in [1.165, 1.54) is 24.3 Å². The highest BCUT2D eigenvalue weighted by Crippen LogP contribution is 2.50. The van der Waals surface area contributed by atoms with Crippen LogP contribution in [0.1, 0.15) is 135 Å². The summed E-state index contributed by atoms with van der Waals surface area (Å²) in [6, 6.07) is 8.71. The molecule has 2 amide bonds. The van der Waals surface area contributed by atoms with E-state index in [4.69, 9.17) is 5.11 Å². The minimum absolute atomic E-state index is 0.0669. The molecule has 3 aliphatic rings. The summed E-state index contributed by atoms with van der Waals surface area (Å²) in [5, 5.41) is 15.1. The van der Waals surface area contributed by atoms with Gasteiger partial charge in [-0.2, -0.15) is 29.8 Å². The first kappa shape index (κ1) is 56.2. The molecule has 0 aromatic heterocycles. The summed E-state index contributed by atoms with van der Waals surface area (Å²) in [5.41, 5.74) is 2.46. The van der Waals surface area contributed by atoms with Crippen LogP contribution < -0.4 is 15.5 Å². The maximum Gasteiger partial charge on any atom is 0.303 e. The van der Waals surface area contributed by atoms with Gasteiger partial charge < -0.3 is 20.6 Å². The number of carboxylic acid groups (broad SMARTS) is 1. The molecule has 2 aromatic rings. The number of hydrogen-bond donors (Lipinski definition) is 6. The number of carbonyl (C=O) groups excluding carboxylic acids is 2. The quantitative estimate of drug-likeness (QED) is 0.0686. The van der Waals surface area contributed by atoms with E-state index in [0.717, 1.165) is 36.2 Å². The Labute approximate surface area is 413 Å². The molecule has 0 saturated carbocycles. The third-order valence-electron chi connectivity index (χ3n) is 13.9. The summed E-state index contributed by atoms with van der Waals surface area (Å²) in [4.78, 5) is 38.9. The van der Waals surface area contributed by atoms with Crippen molar-refractivity contribution in [3.63, 3.8) is 0 Å². The van der Waals surface area contributed by atoms with E-state index in [0.29, 0.717) is 95.1 Å². The molecule has 3 aliphatic heterocycles. The maximum absolute atomic E-state index is 13.2. The predicted molar refractivity (Wildman–Crippen MR) is 269 cm³/mol. The molecular weight excluding hydrogens is 961 g/mol. The first-order valence-corrected chi connectivity index (χ1v) is 28.8. The number of fused-ring (bicyclic) bond motifs is 5. The lowest BCUT2D eigenvalue weighted by Crippen LogP contribution is -2.43. The van der Waals surface area contributed by atoms with Crippen molar-refractivity contribution >= 4 is 65.2 Å². The van der Waals surface area contributed by atoms with Crippen molar-refractivity contribution in [2.24, 2.45) is 5.92 Å². The number of carboxylic acids is 1. The van der Waals surface area contributed by atoms with Gasteiger partial charge in [0.25, 0.3) is 30.4 Å². The molecule has 3 heterocycles. The molecule has 5 rings (SSSR count). The second kappa shape index (κ2) is 24.6. The fraction of sp³-hybridized carbons (Fsp3) is 0.560. The van der Waals surface area contributed by atoms with E-state index in [1.807, 2.05) is 62.1 Å². The molecule has 0 bridgehead atoms. The Morgan fingerprint density at radius 2 is 1.36 bits per heavy atom. The molecule has 0 aliphatic carbocycles. The first-order valence-electron chi connectivity index (χ1n) is 24.3. The lowest BCUT2D eigenvalue weighted by atomic mass is 9.73. The summed E-state index contributed by atoms with van der Waals surface area (Å²) in [7, 11) is -13.3. The van der Waals surface area contributed by atoms with E-state index in [9.17, 15) is 53.3 Å². The zero-order valence-electron chi connectivity index (χ0n) is 40.5. The normalized spacial score (nSPS) is 23.9. The van der Waals surface area contributed by atoms with Crippen molar-refractivity contribution < 1.29 is 63.0 Å². The van der Waals surface area contributed by atoms with Crippen LogP contribution in [0.5, 0.6) is 0 Å². The summed E-state index contributed by atoms with van der Waals surface area (Å²) in [5.74, 6) is -1.63. The molecule has 0 saturated heterocycles. The zero-order chi connectivity index (χ0) is 51.3. The second-order valence-corrected chi connectivity index (χ2v) is 23.9. The third-order valence-corrected chi connectivity index (χ3v) is 16.4. The van der Waals surface area contributed by atoms with E-state index >= 15 is 0 Å². The standard InChI is InChI=1S/C50H70N4O13S3/c1-49(2)40-33-38(69(62,63)64)25-27-42(40)53-30-17-9-14-23-47(56)52-36-37(19-10-7-15-24-48(57)58)35-51-46(55)22-13-8-16-29-50(3)41-34-39(70(65,66)67)26-28-43(41)54(31-18-32-68(59,60)61)45(50)21-12-6-4-5-11-20-44(49)53/h4-6,11-12,20,25-28,33-34,37,45H,7-10,13-19,21-24,29-32,35-36H2,1-3H3,(H5-,51,52,55,56,57,58,59,60,61,62,63,64,65,66,67)/p+1/b5-4+,12-6+,20-11+. The van der Waals surface area contributed by atoms with Crippen molar-refractivity contribution in [1.82, 2.24) is 10.6 Å². The minimum atomic E-state index is -4.57. The number of aliphatic carboxylic acids is 1. The van der Waals surface area contributed by atoms with Gasteiger partial charge in [0.1, 0.15) is 6.54 Å². The number of rotatable bonds is 12. The van der Waals surface area contributed by atoms with E-state index in [2.05, 4.69) is 15.2 Å². The Morgan fingerprint density at radius 3 is 1.99 bits per heavy atom. The van der Waals surface area contributed by atoms with Gasteiger partial charge in [-0.05, 0) is 107 Å². The Bertz CT molecular complexity index is 2680. The SMILES string of the molecule is CC1(C)C2=[N+](CCCCCC(=O)NCC(CCCCCC(=O)O)CNC(=O)CCCCCC3(C)c4cc(S(=O)(=O)O)ccc4N(CCCS(=O)(=O)O)C3C/C=C/C=C/C=C/2)c2ccc(S(=O)(=O)O)cc21. The smallest absolute Gasteiger partial charge is 0.303 e. The summed E-state index contributed by atoms with van der Waals surface area (Å²) >= 11 is 0. The molecule has 20 heteroatoms. The molecule has 0 fully saturated rings. The minimum Gasteiger partial charge on any atom is -0.481 e. The van der Waals surface area contributed by atoms with Gasteiger partial charge in [-0.25, -0.2) is 0 Å². The van der Waals surface area contributed by atoms with Crippen LogP contribution in [0.2, 0.25) is 0 Å². The Balaban J connectivity index is 1.45. The van der Waals surface area contributed by atoms with Crippen LogP contribution in [0, 0.1) is 5.92 Å². The number of benzene rings is 2. The number of nitrogens with one attached hydrogen (secondary N) is 2. The number of anilines is 1. The summed E-state index contributed by atoms with van der Waals surface area (Å²) in [6.45, 7) is 7.50. The molecular formula is C50H71N4O13S3+. The third kappa shape index (κ3) is 15.6. The monoisotopic (exact) mass is 1030 g/mol. The molecule has 6 N–H and O–H groups in total. The highest BCUT2D eigenvalue weighted by molar-refractivity contribution is 7.86. The van der Waals surface area contributed by atoms with Gasteiger partial charge in [0.2, 0.25) is 17.5 Å². The van der Waals surface area contributed by atoms with Crippen LogP contribution >= 0.6 is 0 Å². The fourth-order valence-electron chi connectivity index (χ4n) is 10.1. The summed E-state index contributed by atoms with van der Waals surface area (Å²) in [6.07, 6.45) is 19.9. The van der Waals surface area contributed by atoms with Crippen LogP contribution in [-0.4, -0.2) is 110 Å². The summed E-state index contributed by atoms with van der Waals surface area (Å²) < 4.78 is 104. The van der Waals surface area contributed by atoms with Crippen molar-refractivity contribution in [2.75, 3.05) is 36.8 Å². The van der Waals surface area contributed by atoms with Gasteiger partial charge in [-0.1, -0.05) is 63.0 Å². The average Bonchev–Trinajstić information content (AvgIpc) is 3.63. The Morgan fingerprint density at radius 1 is 0.743 bits per heavy atom. The molecule has 386 valence electrons. The van der Waals surface area contributed by atoms with Crippen LogP contribution in [0.3, 0.4) is 0 Å². The van der Waals surface area contributed by atoms with Crippen molar-refractivity contribution in [3.8, 4) is 0 Å². The van der Waals surface area contributed by atoms with E-state index in [1.54, 1.807) is 12.1 Å². The van der Waals surface area contributed by atoms with Crippen molar-refractivity contribution in [2.45, 2.75) is 150 Å². The number of allylic oxidation sites excluding steroid dienone is 5. The lowest BCUT2D eigenvalue weighted by molar-refractivity contribution is -0.438. The highest BCUT2D eigenvalue weighted by atomic mass is 32.2. The molecule has 3 atom stereocenters. The van der Waals surface area contributed by atoms with Crippen LogP contribution in [-0.2, 0) is 55.6 Å². The molecule has 0 radical (unpaired) electrons. The second-order valence-electron chi connectivity index (χ2n) is 19.5. The Kier molecular flexibility index (Phi) is 19.7. The van der Waals surface area contributed by atoms with Gasteiger partial charge in [0.05, 0.1) is 21.0 Å². The van der Waals surface area contributed by atoms with Crippen LogP contribution in [0.25, 0.3) is 0 Å². The molecule has 0 spiro atoms. The van der Waals surface area contributed by atoms with Gasteiger partial charge in [0.15, 0.2) is 5.71 Å². The first-order chi connectivity index (χ1) is 32.9. The fourth-order valence-corrected chi connectivity index (χ4v) is 11.6. The number of carbonyl (C=O) groups is 3. The zero-order valence-corrected chi connectivity index (χ0v) is 43.0. The number of hydrogen-bond acceptors (Lipinski definition) is 10. The molecule has 3 unspecified atom stereocenters. The average molecular weight is 1030 g/mol. The molecule has 2 aromatic carbocycles. The van der Waals surface area contributed by atoms with E-state index < -0.39 is 52.9 Å². The van der Waals surface area contributed by atoms with Crippen LogP contribution in [0.4, 0.5) is 11.4 Å². The van der Waals surface area contributed by atoms with Crippen LogP contribution in [0.15, 0.2) is 82.6 Å². The number of nitrogens with zero attached hydrogens (tertiary/aromatic N) is 2. The van der Waals surface area contributed by atoms with Gasteiger partial charge in [-0.3, -0.25) is 28.0 Å². The van der Waals surface area contributed by atoms with E-state index in [-0.39, 0.29) is 59.4 Å². The topological polar surface area (TPSA) is 265 Å². The van der Waals surface area contributed by atoms with Gasteiger partial charge >= 0.3 is 5.97 Å². The largest absolute Gasteiger partial charge is 0.481 e. The predicted octanol–water partition coefficient (Wildman–Crippen LogP) is 7.45. The maximum atomic E-state index is 13.2. The number of amides is 2. The Hall–Kier alpha value is -4.73. The van der Waals surface area contributed by atoms with Crippen molar-refractivity contribution in [1.29, 1.82) is 0 Å². The van der Waals surface area contributed by atoms with Gasteiger partial charge in [-0.15, -0.1) is 0 Å².